The highest BCUT2D eigenvalue weighted by molar-refractivity contribution is 5.98. The molecule has 1 aliphatic heterocycles. The number of fused-ring (bicyclic) bond motifs is 1. The van der Waals surface area contributed by atoms with Gasteiger partial charge in [-0.05, 0) is 54.4 Å². The third-order valence-corrected chi connectivity index (χ3v) is 6.34. The summed E-state index contributed by atoms with van der Waals surface area (Å²) in [5.74, 6) is -0.564. The molecule has 1 amide bonds. The van der Waals surface area contributed by atoms with Crippen LogP contribution in [0.25, 0.3) is 10.8 Å². The molecule has 0 saturated carbocycles. The summed E-state index contributed by atoms with van der Waals surface area (Å²) in [4.78, 5) is 29.5. The van der Waals surface area contributed by atoms with Crippen LogP contribution in [0.4, 0.5) is 4.39 Å². The Labute approximate surface area is 198 Å². The van der Waals surface area contributed by atoms with Gasteiger partial charge in [0.15, 0.2) is 6.61 Å². The smallest absolute Gasteiger partial charge is 0.341 e. The summed E-state index contributed by atoms with van der Waals surface area (Å²) in [6.07, 6.45) is 0. The number of ether oxygens (including phenoxy) is 2. The molecule has 0 N–H and O–H groups in total. The van der Waals surface area contributed by atoms with Crippen molar-refractivity contribution >= 4 is 22.6 Å². The van der Waals surface area contributed by atoms with Crippen molar-refractivity contribution in [2.24, 2.45) is 0 Å². The van der Waals surface area contributed by atoms with Crippen LogP contribution < -0.4 is 4.74 Å². The maximum Gasteiger partial charge on any atom is 0.341 e. The normalized spacial score (nSPS) is 18.6. The van der Waals surface area contributed by atoms with Gasteiger partial charge in [0.1, 0.15) is 17.1 Å². The largest absolute Gasteiger partial charge is 0.483 e. The number of benzene rings is 3. The minimum Gasteiger partial charge on any atom is -0.483 e. The highest BCUT2D eigenvalue weighted by Crippen LogP contribution is 2.27. The van der Waals surface area contributed by atoms with E-state index in [2.05, 4.69) is 11.8 Å². The predicted octanol–water partition coefficient (Wildman–Crippen LogP) is 4.27. The van der Waals surface area contributed by atoms with Crippen molar-refractivity contribution in [1.82, 2.24) is 9.80 Å². The van der Waals surface area contributed by atoms with Crippen LogP contribution in [0.5, 0.6) is 5.75 Å². The van der Waals surface area contributed by atoms with Crippen LogP contribution in [0, 0.1) is 5.82 Å². The zero-order chi connectivity index (χ0) is 24.2. The monoisotopic (exact) mass is 464 g/mol. The van der Waals surface area contributed by atoms with E-state index in [4.69, 9.17) is 9.47 Å². The van der Waals surface area contributed by atoms with Crippen molar-refractivity contribution in [1.29, 1.82) is 0 Å². The van der Waals surface area contributed by atoms with Crippen LogP contribution in [0.2, 0.25) is 0 Å². The molecule has 3 aromatic carbocycles. The molecule has 1 fully saturated rings. The molecule has 34 heavy (non-hydrogen) atoms. The molecule has 0 spiro atoms. The second kappa shape index (κ2) is 10.2. The molecule has 6 nitrogen and oxygen atoms in total. The summed E-state index contributed by atoms with van der Waals surface area (Å²) in [5.41, 5.74) is 1.33. The molecule has 1 aliphatic rings. The molecule has 7 heteroatoms. The van der Waals surface area contributed by atoms with E-state index in [1.807, 2.05) is 36.1 Å². The van der Waals surface area contributed by atoms with Gasteiger partial charge in [0.2, 0.25) is 0 Å². The molecule has 1 heterocycles. The zero-order valence-corrected chi connectivity index (χ0v) is 19.7. The van der Waals surface area contributed by atoms with Crippen LogP contribution in [-0.2, 0) is 16.1 Å². The maximum atomic E-state index is 13.2. The van der Waals surface area contributed by atoms with Gasteiger partial charge in [-0.25, -0.2) is 9.18 Å². The highest BCUT2D eigenvalue weighted by atomic mass is 19.1. The van der Waals surface area contributed by atoms with Gasteiger partial charge in [-0.2, -0.15) is 0 Å². The number of rotatable bonds is 6. The molecular formula is C27H29FN2O4. The maximum absolute atomic E-state index is 13.2. The zero-order valence-electron chi connectivity index (χ0n) is 19.7. The number of hydrogen-bond acceptors (Lipinski definition) is 5. The SMILES string of the molecule is COC(=O)c1cc2ccccc2cc1OCC(=O)N1C[C@@H](C)N(Cc2ccc(F)cc2)C[C@@H]1C. The Kier molecular flexibility index (Phi) is 7.12. The Morgan fingerprint density at radius 2 is 1.65 bits per heavy atom. The van der Waals surface area contributed by atoms with Crippen LogP contribution >= 0.6 is 0 Å². The third-order valence-electron chi connectivity index (χ3n) is 6.34. The van der Waals surface area contributed by atoms with Crippen LogP contribution in [-0.4, -0.2) is 60.6 Å². The van der Waals surface area contributed by atoms with Gasteiger partial charge in [-0.3, -0.25) is 9.69 Å². The minimum absolute atomic E-state index is 0.00979. The van der Waals surface area contributed by atoms with Crippen LogP contribution in [0.1, 0.15) is 29.8 Å². The molecule has 0 aliphatic carbocycles. The van der Waals surface area contributed by atoms with Gasteiger partial charge in [0.05, 0.1) is 7.11 Å². The lowest BCUT2D eigenvalue weighted by molar-refractivity contribution is -0.139. The molecule has 2 atom stereocenters. The average molecular weight is 465 g/mol. The second-order valence-electron chi connectivity index (χ2n) is 8.78. The molecule has 0 unspecified atom stereocenters. The number of esters is 1. The number of amides is 1. The Morgan fingerprint density at radius 1 is 0.971 bits per heavy atom. The fraction of sp³-hybridized carbons (Fsp3) is 0.333. The molecule has 0 aromatic heterocycles. The van der Waals surface area contributed by atoms with E-state index in [-0.39, 0.29) is 30.4 Å². The summed E-state index contributed by atoms with van der Waals surface area (Å²) < 4.78 is 24.0. The highest BCUT2D eigenvalue weighted by Gasteiger charge is 2.32. The van der Waals surface area contributed by atoms with E-state index in [9.17, 15) is 14.0 Å². The van der Waals surface area contributed by atoms with Gasteiger partial charge < -0.3 is 14.4 Å². The van der Waals surface area contributed by atoms with Crippen molar-refractivity contribution in [2.45, 2.75) is 32.5 Å². The van der Waals surface area contributed by atoms with E-state index in [1.54, 1.807) is 24.3 Å². The third kappa shape index (κ3) is 5.20. The Balaban J connectivity index is 1.43. The predicted molar refractivity (Wildman–Crippen MR) is 128 cm³/mol. The van der Waals surface area contributed by atoms with Gasteiger partial charge in [0.25, 0.3) is 5.91 Å². The number of hydrogen-bond donors (Lipinski definition) is 0. The lowest BCUT2D eigenvalue weighted by Gasteiger charge is -2.44. The van der Waals surface area contributed by atoms with Crippen molar-refractivity contribution in [3.63, 3.8) is 0 Å². The first-order chi connectivity index (χ1) is 16.4. The molecule has 3 aromatic rings. The van der Waals surface area contributed by atoms with E-state index >= 15 is 0 Å². The number of nitrogens with zero attached hydrogens (tertiary/aromatic N) is 2. The first-order valence-electron chi connectivity index (χ1n) is 11.4. The van der Waals surface area contributed by atoms with Gasteiger partial charge >= 0.3 is 5.97 Å². The van der Waals surface area contributed by atoms with E-state index < -0.39 is 5.97 Å². The number of methoxy groups -OCH3 is 1. The van der Waals surface area contributed by atoms with Gasteiger partial charge in [0, 0.05) is 31.7 Å². The average Bonchev–Trinajstić information content (AvgIpc) is 2.84. The van der Waals surface area contributed by atoms with Gasteiger partial charge in [-0.1, -0.05) is 36.4 Å². The lowest BCUT2D eigenvalue weighted by Crippen LogP contribution is -2.58. The van der Waals surface area contributed by atoms with Gasteiger partial charge in [-0.15, -0.1) is 0 Å². The van der Waals surface area contributed by atoms with Crippen LogP contribution in [0.15, 0.2) is 60.7 Å². The van der Waals surface area contributed by atoms with Crippen LogP contribution in [0.3, 0.4) is 0 Å². The van der Waals surface area contributed by atoms with Crippen molar-refractivity contribution < 1.29 is 23.5 Å². The molecule has 1 saturated heterocycles. The number of piperazine rings is 1. The molecule has 178 valence electrons. The van der Waals surface area contributed by atoms with Crippen molar-refractivity contribution in [3.8, 4) is 5.75 Å². The number of halogens is 1. The lowest BCUT2D eigenvalue weighted by atomic mass is 10.1. The summed E-state index contributed by atoms with van der Waals surface area (Å²) in [6, 6.07) is 17.8. The van der Waals surface area contributed by atoms with Crippen molar-refractivity contribution in [2.75, 3.05) is 26.8 Å². The standard InChI is InChI=1S/C27H29FN2O4/c1-18-15-30(19(2)14-29(18)16-20-8-10-23(28)11-9-20)26(31)17-34-25-13-22-7-5-4-6-21(22)12-24(25)27(32)33-3/h4-13,18-19H,14-17H2,1-3H3/t18-,19+/m1/s1. The molecule has 4 rings (SSSR count). The minimum atomic E-state index is -0.510. The summed E-state index contributed by atoms with van der Waals surface area (Å²) in [5, 5.41) is 1.80. The van der Waals surface area contributed by atoms with Crippen molar-refractivity contribution in [3.05, 3.63) is 77.6 Å². The first-order valence-corrected chi connectivity index (χ1v) is 11.4. The number of carbonyl (C=O) groups excluding carboxylic acids is 2. The summed E-state index contributed by atoms with van der Waals surface area (Å²) in [6.45, 7) is 5.88. The fourth-order valence-electron chi connectivity index (χ4n) is 4.42. The summed E-state index contributed by atoms with van der Waals surface area (Å²) in [7, 11) is 1.32. The Bertz CT molecular complexity index is 1180. The fourth-order valence-corrected chi connectivity index (χ4v) is 4.42. The Hall–Kier alpha value is -3.45. The second-order valence-corrected chi connectivity index (χ2v) is 8.78. The molecule has 0 bridgehead atoms. The van der Waals surface area contributed by atoms with E-state index in [0.29, 0.717) is 30.9 Å². The first kappa shape index (κ1) is 23.7. The molecular weight excluding hydrogens is 435 g/mol. The Morgan fingerprint density at radius 3 is 2.32 bits per heavy atom. The quantitative estimate of drug-likeness (QED) is 0.510. The topological polar surface area (TPSA) is 59.1 Å². The van der Waals surface area contributed by atoms with E-state index in [1.165, 1.54) is 19.2 Å². The summed E-state index contributed by atoms with van der Waals surface area (Å²) >= 11 is 0. The number of carbonyl (C=O) groups is 2. The molecule has 0 radical (unpaired) electrons. The van der Waals surface area contributed by atoms with E-state index in [0.717, 1.165) is 16.3 Å².